The van der Waals surface area contributed by atoms with Gasteiger partial charge in [0, 0.05) is 50.6 Å². The molecule has 98 valence electrons. The summed E-state index contributed by atoms with van der Waals surface area (Å²) in [6.45, 7) is 5.77. The second kappa shape index (κ2) is 5.24. The molecule has 1 fully saturated rings. The summed E-state index contributed by atoms with van der Waals surface area (Å²) in [7, 11) is 0. The molecule has 0 bridgehead atoms. The molecule has 0 radical (unpaired) electrons. The second-order valence-electron chi connectivity index (χ2n) is 5.17. The van der Waals surface area contributed by atoms with Crippen LogP contribution in [-0.4, -0.2) is 48.1 Å². The third-order valence-corrected chi connectivity index (χ3v) is 3.89. The zero-order valence-corrected chi connectivity index (χ0v) is 10.7. The number of hydrogen-bond acceptors (Lipinski definition) is 3. The Hall–Kier alpha value is -1.13. The molecule has 0 saturated carbocycles. The fourth-order valence-electron chi connectivity index (χ4n) is 2.79. The molecule has 18 heavy (non-hydrogen) atoms. The van der Waals surface area contributed by atoms with Crippen molar-refractivity contribution in [3.8, 4) is 0 Å². The van der Waals surface area contributed by atoms with Crippen LogP contribution in [-0.2, 0) is 17.7 Å². The highest BCUT2D eigenvalue weighted by Gasteiger charge is 2.19. The summed E-state index contributed by atoms with van der Waals surface area (Å²) in [6.07, 6.45) is 7.00. The number of fused-ring (bicyclic) bond motifs is 1. The first-order chi connectivity index (χ1) is 8.83. The van der Waals surface area contributed by atoms with Gasteiger partial charge >= 0.3 is 0 Å². The molecule has 0 aromatic carbocycles. The van der Waals surface area contributed by atoms with Gasteiger partial charge in [-0.1, -0.05) is 0 Å². The van der Waals surface area contributed by atoms with Crippen molar-refractivity contribution >= 4 is 5.78 Å². The molecular weight excluding hydrogens is 228 g/mol. The topological polar surface area (TPSA) is 34.5 Å². The SMILES string of the molecule is O=C1CCCc2cn(CCN3CCOCC3)cc21. The molecular formula is C14H20N2O2. The predicted molar refractivity (Wildman–Crippen MR) is 69.0 cm³/mol. The molecule has 1 aromatic heterocycles. The highest BCUT2D eigenvalue weighted by molar-refractivity contribution is 5.98. The summed E-state index contributed by atoms with van der Waals surface area (Å²) in [5.41, 5.74) is 2.21. The second-order valence-corrected chi connectivity index (χ2v) is 5.17. The van der Waals surface area contributed by atoms with E-state index in [1.165, 1.54) is 5.56 Å². The summed E-state index contributed by atoms with van der Waals surface area (Å²) >= 11 is 0. The molecule has 2 aliphatic rings. The van der Waals surface area contributed by atoms with Crippen molar-refractivity contribution in [1.82, 2.24) is 9.47 Å². The van der Waals surface area contributed by atoms with Gasteiger partial charge in [-0.25, -0.2) is 0 Å². The lowest BCUT2D eigenvalue weighted by atomic mass is 9.95. The number of Topliss-reactive ketones (excluding diaryl/α,β-unsaturated/α-hetero) is 1. The molecule has 1 aliphatic heterocycles. The minimum atomic E-state index is 0.321. The van der Waals surface area contributed by atoms with Gasteiger partial charge in [-0.05, 0) is 18.4 Å². The van der Waals surface area contributed by atoms with E-state index in [0.717, 1.165) is 64.2 Å². The summed E-state index contributed by atoms with van der Waals surface area (Å²) in [4.78, 5) is 14.2. The number of morpholine rings is 1. The lowest BCUT2D eigenvalue weighted by molar-refractivity contribution is 0.0364. The Morgan fingerprint density at radius 3 is 2.72 bits per heavy atom. The lowest BCUT2D eigenvalue weighted by Gasteiger charge is -2.26. The number of carbonyl (C=O) groups excluding carboxylic acids is 1. The highest BCUT2D eigenvalue weighted by Crippen LogP contribution is 2.21. The van der Waals surface area contributed by atoms with Gasteiger partial charge in [0.1, 0.15) is 0 Å². The number of nitrogens with zero attached hydrogens (tertiary/aromatic N) is 2. The Morgan fingerprint density at radius 2 is 1.94 bits per heavy atom. The molecule has 0 unspecified atom stereocenters. The third-order valence-electron chi connectivity index (χ3n) is 3.89. The van der Waals surface area contributed by atoms with Crippen LogP contribution in [0.2, 0.25) is 0 Å². The van der Waals surface area contributed by atoms with Crippen molar-refractivity contribution in [2.24, 2.45) is 0 Å². The van der Waals surface area contributed by atoms with Gasteiger partial charge in [0.25, 0.3) is 0 Å². The molecule has 3 rings (SSSR count). The van der Waals surface area contributed by atoms with Crippen LogP contribution in [0.5, 0.6) is 0 Å². The molecule has 0 N–H and O–H groups in total. The average Bonchev–Trinajstić information content (AvgIpc) is 2.82. The van der Waals surface area contributed by atoms with Gasteiger partial charge in [0.05, 0.1) is 13.2 Å². The Kier molecular flexibility index (Phi) is 3.48. The van der Waals surface area contributed by atoms with Crippen molar-refractivity contribution in [2.45, 2.75) is 25.8 Å². The molecule has 0 spiro atoms. The number of ether oxygens (including phenoxy) is 1. The van der Waals surface area contributed by atoms with Crippen LogP contribution in [0.25, 0.3) is 0 Å². The summed E-state index contributed by atoms with van der Waals surface area (Å²) in [5, 5.41) is 0. The number of aryl methyl sites for hydroxylation is 1. The minimum Gasteiger partial charge on any atom is -0.379 e. The van der Waals surface area contributed by atoms with Crippen LogP contribution in [0.1, 0.15) is 28.8 Å². The molecule has 1 aromatic rings. The van der Waals surface area contributed by atoms with E-state index in [-0.39, 0.29) is 0 Å². The third kappa shape index (κ3) is 2.49. The van der Waals surface area contributed by atoms with E-state index in [1.807, 2.05) is 6.20 Å². The first-order valence-electron chi connectivity index (χ1n) is 6.85. The molecule has 4 nitrogen and oxygen atoms in total. The largest absolute Gasteiger partial charge is 0.379 e. The van der Waals surface area contributed by atoms with Gasteiger partial charge in [-0.3, -0.25) is 9.69 Å². The van der Waals surface area contributed by atoms with Gasteiger partial charge < -0.3 is 9.30 Å². The predicted octanol–water partition coefficient (Wildman–Crippen LogP) is 1.34. The van der Waals surface area contributed by atoms with E-state index in [9.17, 15) is 4.79 Å². The van der Waals surface area contributed by atoms with Crippen molar-refractivity contribution in [3.63, 3.8) is 0 Å². The summed E-state index contributed by atoms with van der Waals surface area (Å²) < 4.78 is 7.52. The number of rotatable bonds is 3. The number of ketones is 1. The van der Waals surface area contributed by atoms with Crippen LogP contribution >= 0.6 is 0 Å². The molecule has 0 amide bonds. The maximum atomic E-state index is 11.8. The molecule has 4 heteroatoms. The van der Waals surface area contributed by atoms with E-state index in [0.29, 0.717) is 5.78 Å². The van der Waals surface area contributed by atoms with Crippen molar-refractivity contribution < 1.29 is 9.53 Å². The molecule has 1 aliphatic carbocycles. The monoisotopic (exact) mass is 248 g/mol. The molecule has 1 saturated heterocycles. The zero-order chi connectivity index (χ0) is 12.4. The standard InChI is InChI=1S/C14H20N2O2/c17-14-3-1-2-12-10-16(11-13(12)14)5-4-15-6-8-18-9-7-15/h10-11H,1-9H2. The Bertz CT molecular complexity index is 433. The summed E-state index contributed by atoms with van der Waals surface area (Å²) in [5.74, 6) is 0.321. The quantitative estimate of drug-likeness (QED) is 0.809. The van der Waals surface area contributed by atoms with Crippen molar-refractivity contribution in [1.29, 1.82) is 0 Å². The van der Waals surface area contributed by atoms with Crippen LogP contribution in [0, 0.1) is 0 Å². The van der Waals surface area contributed by atoms with Gasteiger partial charge in [-0.15, -0.1) is 0 Å². The maximum absolute atomic E-state index is 11.8. The van der Waals surface area contributed by atoms with E-state index >= 15 is 0 Å². The smallest absolute Gasteiger partial charge is 0.164 e. The van der Waals surface area contributed by atoms with Crippen molar-refractivity contribution in [3.05, 3.63) is 23.5 Å². The number of carbonyl (C=O) groups is 1. The van der Waals surface area contributed by atoms with Gasteiger partial charge in [0.2, 0.25) is 0 Å². The fraction of sp³-hybridized carbons (Fsp3) is 0.643. The Labute approximate surface area is 108 Å². The van der Waals surface area contributed by atoms with E-state index in [4.69, 9.17) is 4.74 Å². The van der Waals surface area contributed by atoms with E-state index in [2.05, 4.69) is 15.7 Å². The molecule has 0 atom stereocenters. The van der Waals surface area contributed by atoms with Gasteiger partial charge in [-0.2, -0.15) is 0 Å². The van der Waals surface area contributed by atoms with E-state index < -0.39 is 0 Å². The van der Waals surface area contributed by atoms with Crippen LogP contribution < -0.4 is 0 Å². The normalized spacial score (nSPS) is 21.0. The highest BCUT2D eigenvalue weighted by atomic mass is 16.5. The number of aromatic nitrogens is 1. The number of hydrogen-bond donors (Lipinski definition) is 0. The van der Waals surface area contributed by atoms with Crippen LogP contribution in [0.4, 0.5) is 0 Å². The Balaban J connectivity index is 1.61. The summed E-state index contributed by atoms with van der Waals surface area (Å²) in [6, 6.07) is 0. The first kappa shape index (κ1) is 11.9. The zero-order valence-electron chi connectivity index (χ0n) is 10.7. The fourth-order valence-corrected chi connectivity index (χ4v) is 2.79. The van der Waals surface area contributed by atoms with Crippen LogP contribution in [0.3, 0.4) is 0 Å². The Morgan fingerprint density at radius 1 is 1.11 bits per heavy atom. The van der Waals surface area contributed by atoms with Crippen LogP contribution in [0.15, 0.2) is 12.4 Å². The first-order valence-corrected chi connectivity index (χ1v) is 6.85. The van der Waals surface area contributed by atoms with Crippen molar-refractivity contribution in [2.75, 3.05) is 32.8 Å². The van der Waals surface area contributed by atoms with Gasteiger partial charge in [0.15, 0.2) is 5.78 Å². The molecule has 2 heterocycles. The average molecular weight is 248 g/mol. The minimum absolute atomic E-state index is 0.321. The maximum Gasteiger partial charge on any atom is 0.164 e. The lowest BCUT2D eigenvalue weighted by Crippen LogP contribution is -2.38. The van der Waals surface area contributed by atoms with E-state index in [1.54, 1.807) is 0 Å².